The molecule has 0 heterocycles. The first-order valence-electron chi connectivity index (χ1n) is 13.0. The molecule has 166 valence electrons. The Balaban J connectivity index is 1.47. The Kier molecular flexibility index (Phi) is 10.2. The number of hydrogen-bond donors (Lipinski definition) is 0. The molecule has 2 aromatic carbocycles. The average Bonchev–Trinajstić information content (AvgIpc) is 2.83. The van der Waals surface area contributed by atoms with Crippen LogP contribution in [-0.4, -0.2) is 0 Å². The van der Waals surface area contributed by atoms with Gasteiger partial charge in [-0.25, -0.2) is 0 Å². The molecule has 2 aromatic rings. The number of hydrogen-bond acceptors (Lipinski definition) is 0. The van der Waals surface area contributed by atoms with E-state index in [4.69, 9.17) is 0 Å². The zero-order chi connectivity index (χ0) is 21.7. The Morgan fingerprint density at radius 3 is 1.94 bits per heavy atom. The fourth-order valence-electron chi connectivity index (χ4n) is 4.82. The predicted octanol–water partition coefficient (Wildman–Crippen LogP) is 9.21. The maximum atomic E-state index is 3.56. The zero-order valence-corrected chi connectivity index (χ0v) is 20.0. The Hall–Kier alpha value is -2.00. The van der Waals surface area contributed by atoms with Crippen molar-refractivity contribution in [2.24, 2.45) is 11.8 Å². The summed E-state index contributed by atoms with van der Waals surface area (Å²) in [7, 11) is 0. The quantitative estimate of drug-likeness (QED) is 0.268. The van der Waals surface area contributed by atoms with Crippen molar-refractivity contribution in [3.05, 3.63) is 59.7 Å². The molecule has 0 radical (unpaired) electrons. The largest absolute Gasteiger partial charge is 0.0945 e. The zero-order valence-electron chi connectivity index (χ0n) is 20.0. The van der Waals surface area contributed by atoms with Gasteiger partial charge < -0.3 is 0 Å². The standard InChI is InChI=1S/C31H42/c1-3-5-7-8-9-11-27-18-22-30(23-19-27)31-24-20-29(21-25-31)17-16-28-14-12-26(13-15-28)10-6-4-2/h18-26,28H,3-15H2,1-2H3. The molecule has 0 unspecified atom stereocenters. The molecule has 0 aromatic heterocycles. The molecule has 0 heteroatoms. The third kappa shape index (κ3) is 8.22. The Morgan fingerprint density at radius 1 is 0.677 bits per heavy atom. The molecule has 0 spiro atoms. The van der Waals surface area contributed by atoms with Gasteiger partial charge >= 0.3 is 0 Å². The van der Waals surface area contributed by atoms with Crippen molar-refractivity contribution in [1.82, 2.24) is 0 Å². The van der Waals surface area contributed by atoms with Gasteiger partial charge in [0.2, 0.25) is 0 Å². The summed E-state index contributed by atoms with van der Waals surface area (Å²) < 4.78 is 0. The number of unbranched alkanes of at least 4 members (excludes halogenated alkanes) is 5. The van der Waals surface area contributed by atoms with Gasteiger partial charge in [0.05, 0.1) is 0 Å². The first-order chi connectivity index (χ1) is 15.3. The van der Waals surface area contributed by atoms with E-state index in [0.29, 0.717) is 5.92 Å². The summed E-state index contributed by atoms with van der Waals surface area (Å²) in [6.45, 7) is 4.58. The summed E-state index contributed by atoms with van der Waals surface area (Å²) in [5, 5.41) is 0. The normalized spacial score (nSPS) is 18.4. The highest BCUT2D eigenvalue weighted by atomic mass is 14.2. The highest BCUT2D eigenvalue weighted by molar-refractivity contribution is 5.64. The van der Waals surface area contributed by atoms with E-state index in [0.717, 1.165) is 11.5 Å². The second kappa shape index (κ2) is 13.4. The van der Waals surface area contributed by atoms with Gasteiger partial charge in [-0.1, -0.05) is 107 Å². The van der Waals surface area contributed by atoms with E-state index in [-0.39, 0.29) is 0 Å². The number of aryl methyl sites for hydroxylation is 1. The molecule has 1 aliphatic carbocycles. The van der Waals surface area contributed by atoms with E-state index in [1.807, 2.05) is 0 Å². The maximum absolute atomic E-state index is 3.56. The fraction of sp³-hybridized carbons (Fsp3) is 0.548. The van der Waals surface area contributed by atoms with Crippen LogP contribution in [0.4, 0.5) is 0 Å². The molecule has 0 amide bonds. The van der Waals surface area contributed by atoms with Crippen molar-refractivity contribution in [2.75, 3.05) is 0 Å². The van der Waals surface area contributed by atoms with E-state index in [1.165, 1.54) is 100 Å². The predicted molar refractivity (Wildman–Crippen MR) is 136 cm³/mol. The van der Waals surface area contributed by atoms with Crippen molar-refractivity contribution in [3.63, 3.8) is 0 Å². The van der Waals surface area contributed by atoms with Gasteiger partial charge in [-0.15, -0.1) is 0 Å². The SMILES string of the molecule is CCCCCCCc1ccc(-c2ccc(C#CC3CCC(CCCC)CC3)cc2)cc1. The Labute approximate surface area is 191 Å². The summed E-state index contributed by atoms with van der Waals surface area (Å²) in [4.78, 5) is 0. The molecule has 0 aliphatic heterocycles. The smallest absolute Gasteiger partial charge is 0.0245 e. The van der Waals surface area contributed by atoms with Gasteiger partial charge in [-0.05, 0) is 73.3 Å². The molecule has 0 nitrogen and oxygen atoms in total. The van der Waals surface area contributed by atoms with Crippen LogP contribution in [-0.2, 0) is 6.42 Å². The van der Waals surface area contributed by atoms with Crippen molar-refractivity contribution >= 4 is 0 Å². The van der Waals surface area contributed by atoms with E-state index >= 15 is 0 Å². The van der Waals surface area contributed by atoms with Gasteiger partial charge in [-0.3, -0.25) is 0 Å². The van der Waals surface area contributed by atoms with Crippen molar-refractivity contribution in [3.8, 4) is 23.0 Å². The second-order valence-electron chi connectivity index (χ2n) is 9.57. The summed E-state index contributed by atoms with van der Waals surface area (Å²) in [5.74, 6) is 8.58. The van der Waals surface area contributed by atoms with Gasteiger partial charge in [0.1, 0.15) is 0 Å². The monoisotopic (exact) mass is 414 g/mol. The number of benzene rings is 2. The van der Waals surface area contributed by atoms with Crippen molar-refractivity contribution < 1.29 is 0 Å². The van der Waals surface area contributed by atoms with Crippen LogP contribution in [0, 0.1) is 23.7 Å². The average molecular weight is 415 g/mol. The molecule has 3 rings (SSSR count). The maximum Gasteiger partial charge on any atom is 0.0245 e. The van der Waals surface area contributed by atoms with E-state index in [2.05, 4.69) is 74.2 Å². The molecule has 0 N–H and O–H groups in total. The van der Waals surface area contributed by atoms with Crippen LogP contribution in [0.3, 0.4) is 0 Å². The summed E-state index contributed by atoms with van der Waals surface area (Å²) in [6, 6.07) is 18.0. The topological polar surface area (TPSA) is 0 Å². The number of rotatable bonds is 10. The molecular weight excluding hydrogens is 372 g/mol. The molecule has 1 saturated carbocycles. The summed E-state index contributed by atoms with van der Waals surface area (Å²) in [5.41, 5.74) is 5.21. The van der Waals surface area contributed by atoms with Crippen LogP contribution in [0.25, 0.3) is 11.1 Å². The van der Waals surface area contributed by atoms with E-state index < -0.39 is 0 Å². The molecule has 0 saturated heterocycles. The highest BCUT2D eigenvalue weighted by Crippen LogP contribution is 2.31. The molecule has 31 heavy (non-hydrogen) atoms. The lowest BCUT2D eigenvalue weighted by Gasteiger charge is -2.25. The Bertz CT molecular complexity index is 792. The summed E-state index contributed by atoms with van der Waals surface area (Å²) in [6.07, 6.45) is 17.5. The fourth-order valence-corrected chi connectivity index (χ4v) is 4.82. The lowest BCUT2D eigenvalue weighted by atomic mass is 9.80. The van der Waals surface area contributed by atoms with Crippen molar-refractivity contribution in [1.29, 1.82) is 0 Å². The first kappa shape index (κ1) is 23.7. The first-order valence-corrected chi connectivity index (χ1v) is 13.0. The third-order valence-electron chi connectivity index (χ3n) is 6.97. The molecule has 0 bridgehead atoms. The molecule has 1 aliphatic rings. The van der Waals surface area contributed by atoms with Crippen LogP contribution in [0.15, 0.2) is 48.5 Å². The Morgan fingerprint density at radius 2 is 1.29 bits per heavy atom. The van der Waals surface area contributed by atoms with Crippen LogP contribution in [0.5, 0.6) is 0 Å². The third-order valence-corrected chi connectivity index (χ3v) is 6.97. The van der Waals surface area contributed by atoms with E-state index in [1.54, 1.807) is 0 Å². The van der Waals surface area contributed by atoms with Gasteiger partial charge in [0.25, 0.3) is 0 Å². The minimum Gasteiger partial charge on any atom is -0.0945 e. The van der Waals surface area contributed by atoms with Crippen LogP contribution < -0.4 is 0 Å². The van der Waals surface area contributed by atoms with Gasteiger partial charge in [-0.2, -0.15) is 0 Å². The van der Waals surface area contributed by atoms with Gasteiger partial charge in [0.15, 0.2) is 0 Å². The molecular formula is C31H42. The van der Waals surface area contributed by atoms with Crippen LogP contribution >= 0.6 is 0 Å². The van der Waals surface area contributed by atoms with Crippen LogP contribution in [0.1, 0.15) is 102 Å². The van der Waals surface area contributed by atoms with Crippen molar-refractivity contribution in [2.45, 2.75) is 97.3 Å². The van der Waals surface area contributed by atoms with E-state index in [9.17, 15) is 0 Å². The van der Waals surface area contributed by atoms with Gasteiger partial charge in [0, 0.05) is 11.5 Å². The minimum atomic E-state index is 0.604. The highest BCUT2D eigenvalue weighted by Gasteiger charge is 2.19. The second-order valence-corrected chi connectivity index (χ2v) is 9.57. The molecule has 1 fully saturated rings. The lowest BCUT2D eigenvalue weighted by Crippen LogP contribution is -2.13. The summed E-state index contributed by atoms with van der Waals surface area (Å²) >= 11 is 0. The van der Waals surface area contributed by atoms with Crippen LogP contribution in [0.2, 0.25) is 0 Å². The lowest BCUT2D eigenvalue weighted by molar-refractivity contribution is 0.296. The minimum absolute atomic E-state index is 0.604. The molecule has 0 atom stereocenters.